The van der Waals surface area contributed by atoms with Crippen LogP contribution in [0.25, 0.3) is 0 Å². The third kappa shape index (κ3) is 4.90. The van der Waals surface area contributed by atoms with E-state index in [1.807, 2.05) is 31.2 Å². The van der Waals surface area contributed by atoms with Gasteiger partial charge in [-0.3, -0.25) is 4.79 Å². The number of carbonyl (C=O) groups is 1. The third-order valence-corrected chi connectivity index (χ3v) is 6.39. The number of hydrogen-bond donors (Lipinski definition) is 1. The first-order valence-electron chi connectivity index (χ1n) is 9.14. The Balaban J connectivity index is 1.66. The van der Waals surface area contributed by atoms with Gasteiger partial charge in [0.25, 0.3) is 5.91 Å². The van der Waals surface area contributed by atoms with Crippen molar-refractivity contribution in [3.05, 3.63) is 53.1 Å². The van der Waals surface area contributed by atoms with Crippen molar-refractivity contribution in [1.82, 2.24) is 4.72 Å². The summed E-state index contributed by atoms with van der Waals surface area (Å²) in [6.07, 6.45) is 0.797. The molecule has 0 spiro atoms. The minimum atomic E-state index is -3.70. The van der Waals surface area contributed by atoms with E-state index >= 15 is 0 Å². The maximum Gasteiger partial charge on any atom is 0.265 e. The van der Waals surface area contributed by atoms with Crippen molar-refractivity contribution in [3.8, 4) is 5.75 Å². The average molecular weight is 439 g/mol. The van der Waals surface area contributed by atoms with Gasteiger partial charge in [-0.2, -0.15) is 0 Å². The molecule has 0 radical (unpaired) electrons. The fourth-order valence-electron chi connectivity index (χ4n) is 3.28. The molecule has 0 unspecified atom stereocenters. The fraction of sp³-hybridized carbons (Fsp3) is 0.350. The van der Waals surface area contributed by atoms with Crippen LogP contribution in [0.3, 0.4) is 0 Å². The monoisotopic (exact) mass is 438 g/mol. The molecule has 29 heavy (non-hydrogen) atoms. The lowest BCUT2D eigenvalue weighted by Crippen LogP contribution is -2.39. The number of para-hydroxylation sites is 1. The molecule has 0 fully saturated rings. The van der Waals surface area contributed by atoms with Gasteiger partial charge in [-0.25, -0.2) is 13.1 Å². The number of rotatable bonds is 8. The number of sulfonamides is 1. The Hall–Kier alpha value is -2.13. The molecule has 1 amide bonds. The van der Waals surface area contributed by atoms with Crippen LogP contribution in [0.4, 0.5) is 5.69 Å². The van der Waals surface area contributed by atoms with Crippen LogP contribution in [-0.4, -0.2) is 47.2 Å². The Labute approximate surface area is 175 Å². The van der Waals surface area contributed by atoms with E-state index in [1.165, 1.54) is 25.3 Å². The SMILES string of the molecule is COCCNS(=O)(=O)c1ccc(OCC(=O)N2c3ccccc3C[C@H]2C)c(Cl)c1. The van der Waals surface area contributed by atoms with E-state index in [0.717, 1.165) is 17.7 Å². The normalized spacial score (nSPS) is 16.0. The second-order valence-electron chi connectivity index (χ2n) is 6.72. The molecule has 156 valence electrons. The summed E-state index contributed by atoms with van der Waals surface area (Å²) >= 11 is 6.18. The summed E-state index contributed by atoms with van der Waals surface area (Å²) in [7, 11) is -2.22. The number of halogens is 1. The molecule has 0 bridgehead atoms. The lowest BCUT2D eigenvalue weighted by molar-refractivity contribution is -0.120. The number of nitrogens with one attached hydrogen (secondary N) is 1. The number of methoxy groups -OCH3 is 1. The molecule has 1 heterocycles. The van der Waals surface area contributed by atoms with E-state index in [1.54, 1.807) is 4.90 Å². The van der Waals surface area contributed by atoms with Crippen LogP contribution in [0.5, 0.6) is 5.75 Å². The van der Waals surface area contributed by atoms with E-state index in [2.05, 4.69) is 4.72 Å². The van der Waals surface area contributed by atoms with Gasteiger partial charge in [-0.15, -0.1) is 0 Å². The molecule has 3 rings (SSSR count). The lowest BCUT2D eigenvalue weighted by Gasteiger charge is -2.23. The second-order valence-corrected chi connectivity index (χ2v) is 8.89. The number of carbonyl (C=O) groups excluding carboxylic acids is 1. The maximum absolute atomic E-state index is 12.7. The maximum atomic E-state index is 12.7. The Morgan fingerprint density at radius 1 is 1.28 bits per heavy atom. The molecule has 1 aliphatic heterocycles. The molecule has 1 atom stereocenters. The summed E-state index contributed by atoms with van der Waals surface area (Å²) in [6, 6.07) is 12.0. The van der Waals surface area contributed by atoms with Gasteiger partial charge in [-0.1, -0.05) is 29.8 Å². The number of ether oxygens (including phenoxy) is 2. The highest BCUT2D eigenvalue weighted by Gasteiger charge is 2.30. The van der Waals surface area contributed by atoms with Crippen molar-refractivity contribution < 1.29 is 22.7 Å². The topological polar surface area (TPSA) is 84.9 Å². The van der Waals surface area contributed by atoms with Gasteiger partial charge >= 0.3 is 0 Å². The number of hydrogen-bond acceptors (Lipinski definition) is 5. The standard InChI is InChI=1S/C20H23ClN2O5S/c1-14-11-15-5-3-4-6-18(15)23(14)20(24)13-28-19-8-7-16(12-17(19)21)29(25,26)22-9-10-27-2/h3-8,12,14,22H,9-11,13H2,1-2H3/t14-/m1/s1. The van der Waals surface area contributed by atoms with Crippen LogP contribution in [0.1, 0.15) is 12.5 Å². The van der Waals surface area contributed by atoms with Gasteiger partial charge in [0, 0.05) is 25.4 Å². The molecule has 0 saturated carbocycles. The molecule has 2 aromatic rings. The van der Waals surface area contributed by atoms with Crippen LogP contribution in [0.15, 0.2) is 47.4 Å². The fourth-order valence-corrected chi connectivity index (χ4v) is 4.62. The van der Waals surface area contributed by atoms with Crippen molar-refractivity contribution in [2.75, 3.05) is 31.8 Å². The highest BCUT2D eigenvalue weighted by molar-refractivity contribution is 7.89. The summed E-state index contributed by atoms with van der Waals surface area (Å²) in [4.78, 5) is 14.5. The Bertz CT molecular complexity index is 996. The van der Waals surface area contributed by atoms with Gasteiger partial charge in [0.1, 0.15) is 5.75 Å². The highest BCUT2D eigenvalue weighted by Crippen LogP contribution is 2.32. The molecule has 0 aliphatic carbocycles. The van der Waals surface area contributed by atoms with Gasteiger partial charge in [-0.05, 0) is 43.2 Å². The van der Waals surface area contributed by atoms with E-state index in [0.29, 0.717) is 0 Å². The molecule has 1 N–H and O–H groups in total. The van der Waals surface area contributed by atoms with E-state index in [-0.39, 0.29) is 47.4 Å². The van der Waals surface area contributed by atoms with Gasteiger partial charge < -0.3 is 14.4 Å². The number of amides is 1. The number of fused-ring (bicyclic) bond motifs is 1. The van der Waals surface area contributed by atoms with Crippen molar-refractivity contribution in [2.45, 2.75) is 24.3 Å². The summed E-state index contributed by atoms with van der Waals surface area (Å²) in [5.74, 6) is 0.0624. The minimum absolute atomic E-state index is 0.0133. The molecular weight excluding hydrogens is 416 g/mol. The third-order valence-electron chi connectivity index (χ3n) is 4.64. The van der Waals surface area contributed by atoms with Gasteiger partial charge in [0.05, 0.1) is 16.5 Å². The predicted octanol–water partition coefficient (Wildman–Crippen LogP) is 2.62. The average Bonchev–Trinajstić information content (AvgIpc) is 3.02. The quantitative estimate of drug-likeness (QED) is 0.640. The number of benzene rings is 2. The lowest BCUT2D eigenvalue weighted by atomic mass is 10.1. The molecule has 2 aromatic carbocycles. The Kier molecular flexibility index (Phi) is 6.79. The van der Waals surface area contributed by atoms with Crippen molar-refractivity contribution in [3.63, 3.8) is 0 Å². The second kappa shape index (κ2) is 9.13. The van der Waals surface area contributed by atoms with Gasteiger partial charge in [0.15, 0.2) is 6.61 Å². The molecule has 1 aliphatic rings. The molecule has 9 heteroatoms. The Morgan fingerprint density at radius 2 is 2.03 bits per heavy atom. The summed E-state index contributed by atoms with van der Waals surface area (Å²) in [5, 5.41) is 0.113. The minimum Gasteiger partial charge on any atom is -0.482 e. The first-order valence-corrected chi connectivity index (χ1v) is 11.0. The summed E-state index contributed by atoms with van der Waals surface area (Å²) in [6.45, 7) is 2.20. The van der Waals surface area contributed by atoms with Crippen molar-refractivity contribution in [2.24, 2.45) is 0 Å². The van der Waals surface area contributed by atoms with Crippen molar-refractivity contribution in [1.29, 1.82) is 0 Å². The number of anilines is 1. The zero-order valence-corrected chi connectivity index (χ0v) is 17.8. The first kappa shape index (κ1) is 21.6. The van der Waals surface area contributed by atoms with E-state index < -0.39 is 10.0 Å². The number of nitrogens with zero attached hydrogens (tertiary/aromatic N) is 1. The molecule has 7 nitrogen and oxygen atoms in total. The highest BCUT2D eigenvalue weighted by atomic mass is 35.5. The smallest absolute Gasteiger partial charge is 0.265 e. The van der Waals surface area contributed by atoms with E-state index in [9.17, 15) is 13.2 Å². The van der Waals surface area contributed by atoms with Gasteiger partial charge in [0.2, 0.25) is 10.0 Å². The summed E-state index contributed by atoms with van der Waals surface area (Å²) in [5.41, 5.74) is 2.02. The predicted molar refractivity (Wildman–Crippen MR) is 111 cm³/mol. The van der Waals surface area contributed by atoms with Crippen LogP contribution < -0.4 is 14.4 Å². The first-order chi connectivity index (χ1) is 13.8. The van der Waals surface area contributed by atoms with Crippen LogP contribution in [-0.2, 0) is 26.0 Å². The Morgan fingerprint density at radius 3 is 2.76 bits per heavy atom. The molecular formula is C20H23ClN2O5S. The van der Waals surface area contributed by atoms with Crippen LogP contribution >= 0.6 is 11.6 Å². The van der Waals surface area contributed by atoms with Crippen LogP contribution in [0, 0.1) is 0 Å². The zero-order chi connectivity index (χ0) is 21.0. The van der Waals surface area contributed by atoms with E-state index in [4.69, 9.17) is 21.1 Å². The van der Waals surface area contributed by atoms with Crippen LogP contribution in [0.2, 0.25) is 5.02 Å². The molecule has 0 saturated heterocycles. The largest absolute Gasteiger partial charge is 0.482 e. The van der Waals surface area contributed by atoms with Crippen molar-refractivity contribution >= 4 is 33.2 Å². The molecule has 0 aromatic heterocycles. The zero-order valence-electron chi connectivity index (χ0n) is 16.2. The summed E-state index contributed by atoms with van der Waals surface area (Å²) < 4.78 is 37.3.